The van der Waals surface area contributed by atoms with E-state index in [0.717, 1.165) is 22.9 Å². The van der Waals surface area contributed by atoms with E-state index in [4.69, 9.17) is 4.74 Å². The van der Waals surface area contributed by atoms with E-state index in [2.05, 4.69) is 11.4 Å². The van der Waals surface area contributed by atoms with Crippen LogP contribution >= 0.6 is 0 Å². The number of hydrogen-bond donors (Lipinski definition) is 0. The van der Waals surface area contributed by atoms with Crippen LogP contribution < -0.4 is 10.1 Å². The minimum absolute atomic E-state index is 0.770. The Morgan fingerprint density at radius 3 is 2.86 bits per heavy atom. The highest BCUT2D eigenvalue weighted by Gasteiger charge is 2.15. The summed E-state index contributed by atoms with van der Waals surface area (Å²) in [6, 6.07) is 16.2. The Bertz CT molecular complexity index is 392. The maximum absolute atomic E-state index is 5.65. The molecule has 0 atom stereocenters. The van der Waals surface area contributed by atoms with E-state index in [1.165, 1.54) is 0 Å². The van der Waals surface area contributed by atoms with Gasteiger partial charge in [-0.25, -0.2) is 5.32 Å². The van der Waals surface area contributed by atoms with Crippen LogP contribution in [0.3, 0.4) is 0 Å². The topological polar surface area (TPSA) is 23.3 Å². The first kappa shape index (κ1) is 7.44. The number of fused-ring (bicyclic) bond motifs is 2. The van der Waals surface area contributed by atoms with Crippen LogP contribution in [0.15, 0.2) is 42.5 Å². The summed E-state index contributed by atoms with van der Waals surface area (Å²) < 4.78 is 5.65. The van der Waals surface area contributed by atoms with Crippen LogP contribution in [-0.2, 0) is 0 Å². The minimum atomic E-state index is 0.770. The van der Waals surface area contributed by atoms with Gasteiger partial charge in [0.05, 0.1) is 0 Å². The summed E-state index contributed by atoms with van der Waals surface area (Å²) in [5.74, 6) is 1.57. The van der Waals surface area contributed by atoms with Gasteiger partial charge in [-0.1, -0.05) is 18.2 Å². The van der Waals surface area contributed by atoms with Gasteiger partial charge in [0.15, 0.2) is 11.5 Å². The number of nitrogens with zero attached hydrogens (tertiary/aromatic N) is 1. The SMILES string of the molecule is [c]1ccc2c(c1)Oc1ccccc1[N]2. The van der Waals surface area contributed by atoms with Crippen molar-refractivity contribution in [1.29, 1.82) is 0 Å². The number of benzene rings is 2. The zero-order valence-corrected chi connectivity index (χ0v) is 7.40. The molecular weight excluding hydrogens is 174 g/mol. The molecule has 0 saturated carbocycles. The van der Waals surface area contributed by atoms with Gasteiger partial charge in [-0.2, -0.15) is 0 Å². The molecule has 66 valence electrons. The third-order valence-electron chi connectivity index (χ3n) is 2.13. The third-order valence-corrected chi connectivity index (χ3v) is 2.13. The van der Waals surface area contributed by atoms with E-state index in [1.807, 2.05) is 36.4 Å². The molecule has 14 heavy (non-hydrogen) atoms. The van der Waals surface area contributed by atoms with Crippen LogP contribution in [0.5, 0.6) is 11.5 Å². The molecule has 0 aliphatic carbocycles. The average molecular weight is 181 g/mol. The van der Waals surface area contributed by atoms with Gasteiger partial charge >= 0.3 is 0 Å². The van der Waals surface area contributed by atoms with Crippen LogP contribution in [0.4, 0.5) is 11.4 Å². The molecule has 0 amide bonds. The molecule has 0 fully saturated rings. The summed E-state index contributed by atoms with van der Waals surface area (Å²) in [6.07, 6.45) is 0. The molecule has 0 aromatic heterocycles. The molecule has 2 radical (unpaired) electrons. The van der Waals surface area contributed by atoms with E-state index >= 15 is 0 Å². The molecule has 0 unspecified atom stereocenters. The molecule has 2 aromatic carbocycles. The molecule has 1 aliphatic heterocycles. The van der Waals surface area contributed by atoms with Crippen LogP contribution in [0.25, 0.3) is 0 Å². The molecule has 0 N–H and O–H groups in total. The van der Waals surface area contributed by atoms with E-state index < -0.39 is 0 Å². The molecule has 0 bridgehead atoms. The average Bonchev–Trinajstić information content (AvgIpc) is 2.26. The Kier molecular flexibility index (Phi) is 1.47. The zero-order chi connectivity index (χ0) is 9.38. The summed E-state index contributed by atoms with van der Waals surface area (Å²) >= 11 is 0. The summed E-state index contributed by atoms with van der Waals surface area (Å²) in [6.45, 7) is 0. The standard InChI is InChI=1S/C12H7NO/c1-3-7-11-9(5-1)13-10-6-2-4-8-12(10)14-11/h1-3,5-8H. The van der Waals surface area contributed by atoms with Crippen molar-refractivity contribution in [2.45, 2.75) is 0 Å². The highest BCUT2D eigenvalue weighted by Crippen LogP contribution is 2.41. The fraction of sp³-hybridized carbons (Fsp3) is 0. The lowest BCUT2D eigenvalue weighted by molar-refractivity contribution is 0.471. The van der Waals surface area contributed by atoms with Crippen molar-refractivity contribution in [2.75, 3.05) is 0 Å². The Labute approximate surface area is 82.1 Å². The molecule has 0 saturated heterocycles. The predicted octanol–water partition coefficient (Wildman–Crippen LogP) is 3.16. The monoisotopic (exact) mass is 181 g/mol. The smallest absolute Gasteiger partial charge is 0.153 e. The second-order valence-electron chi connectivity index (χ2n) is 3.08. The van der Waals surface area contributed by atoms with Gasteiger partial charge in [0.2, 0.25) is 0 Å². The fourth-order valence-electron chi connectivity index (χ4n) is 1.47. The fourth-order valence-corrected chi connectivity index (χ4v) is 1.47. The highest BCUT2D eigenvalue weighted by atomic mass is 16.5. The van der Waals surface area contributed by atoms with Crippen LogP contribution in [0.2, 0.25) is 0 Å². The molecule has 2 heteroatoms. The first-order valence-corrected chi connectivity index (χ1v) is 4.42. The van der Waals surface area contributed by atoms with E-state index in [9.17, 15) is 0 Å². The molecule has 0 spiro atoms. The van der Waals surface area contributed by atoms with Crippen molar-refractivity contribution in [1.82, 2.24) is 5.32 Å². The number of para-hydroxylation sites is 2. The number of hydrogen-bond acceptors (Lipinski definition) is 1. The van der Waals surface area contributed by atoms with Crippen LogP contribution in [0, 0.1) is 6.07 Å². The lowest BCUT2D eigenvalue weighted by Crippen LogP contribution is -2.00. The second kappa shape index (κ2) is 2.77. The molecule has 2 nitrogen and oxygen atoms in total. The van der Waals surface area contributed by atoms with Crippen molar-refractivity contribution in [3.05, 3.63) is 48.5 Å². The predicted molar refractivity (Wildman–Crippen MR) is 53.2 cm³/mol. The molecular formula is C12H7NO. The Morgan fingerprint density at radius 2 is 1.86 bits per heavy atom. The van der Waals surface area contributed by atoms with Gasteiger partial charge < -0.3 is 4.74 Å². The van der Waals surface area contributed by atoms with Crippen molar-refractivity contribution in [3.63, 3.8) is 0 Å². The quantitative estimate of drug-likeness (QED) is 0.522. The van der Waals surface area contributed by atoms with Crippen molar-refractivity contribution >= 4 is 11.4 Å². The van der Waals surface area contributed by atoms with Crippen molar-refractivity contribution in [3.8, 4) is 11.5 Å². The lowest BCUT2D eigenvalue weighted by Gasteiger charge is -2.18. The van der Waals surface area contributed by atoms with Gasteiger partial charge in [0, 0.05) is 0 Å². The van der Waals surface area contributed by atoms with Gasteiger partial charge in [-0.15, -0.1) is 0 Å². The minimum Gasteiger partial charge on any atom is -0.453 e. The number of rotatable bonds is 0. The van der Waals surface area contributed by atoms with Gasteiger partial charge in [-0.05, 0) is 30.3 Å². The molecule has 3 rings (SSSR count). The van der Waals surface area contributed by atoms with Crippen molar-refractivity contribution < 1.29 is 4.74 Å². The Hall–Kier alpha value is -1.96. The molecule has 2 aromatic rings. The van der Waals surface area contributed by atoms with Crippen LogP contribution in [0.1, 0.15) is 0 Å². The third kappa shape index (κ3) is 1.04. The first-order chi connectivity index (χ1) is 6.93. The Morgan fingerprint density at radius 1 is 1.00 bits per heavy atom. The normalized spacial score (nSPS) is 12.0. The van der Waals surface area contributed by atoms with Gasteiger partial charge in [-0.3, -0.25) is 0 Å². The first-order valence-electron chi connectivity index (χ1n) is 4.42. The number of ether oxygens (including phenoxy) is 1. The maximum Gasteiger partial charge on any atom is 0.153 e. The zero-order valence-electron chi connectivity index (χ0n) is 7.40. The largest absolute Gasteiger partial charge is 0.453 e. The lowest BCUT2D eigenvalue weighted by atomic mass is 10.2. The maximum atomic E-state index is 5.65. The Balaban J connectivity index is 2.12. The van der Waals surface area contributed by atoms with E-state index in [0.29, 0.717) is 0 Å². The summed E-state index contributed by atoms with van der Waals surface area (Å²) in [5.41, 5.74) is 1.74. The van der Waals surface area contributed by atoms with Crippen molar-refractivity contribution in [2.24, 2.45) is 0 Å². The molecule has 1 heterocycles. The van der Waals surface area contributed by atoms with E-state index in [1.54, 1.807) is 6.07 Å². The summed E-state index contributed by atoms with van der Waals surface area (Å²) in [7, 11) is 0. The second-order valence-corrected chi connectivity index (χ2v) is 3.08. The van der Waals surface area contributed by atoms with Crippen LogP contribution in [-0.4, -0.2) is 0 Å². The van der Waals surface area contributed by atoms with Gasteiger partial charge in [0.25, 0.3) is 0 Å². The highest BCUT2D eigenvalue weighted by molar-refractivity contribution is 5.66. The van der Waals surface area contributed by atoms with Gasteiger partial charge in [0.1, 0.15) is 11.4 Å². The molecule has 1 aliphatic rings. The summed E-state index contributed by atoms with van der Waals surface area (Å²) in [4.78, 5) is 0. The van der Waals surface area contributed by atoms with E-state index in [-0.39, 0.29) is 0 Å². The summed E-state index contributed by atoms with van der Waals surface area (Å²) in [5, 5.41) is 4.46.